The number of sulfonamides is 1. The fourth-order valence-electron chi connectivity index (χ4n) is 3.04. The lowest BCUT2D eigenvalue weighted by Crippen LogP contribution is -2.52. The number of likely N-dealkylation sites (tertiary alicyclic amines) is 1. The van der Waals surface area contributed by atoms with E-state index in [9.17, 15) is 18.3 Å². The Morgan fingerprint density at radius 2 is 2.00 bits per heavy atom. The Bertz CT molecular complexity index is 499. The van der Waals surface area contributed by atoms with Crippen LogP contribution in [0.3, 0.4) is 0 Å². The van der Waals surface area contributed by atoms with Gasteiger partial charge >= 0.3 is 0 Å². The number of carbonyl (C=O) groups is 1. The van der Waals surface area contributed by atoms with Gasteiger partial charge < -0.3 is 10.0 Å². The average molecular weight is 318 g/mol. The highest BCUT2D eigenvalue weighted by atomic mass is 32.2. The highest BCUT2D eigenvalue weighted by molar-refractivity contribution is 7.88. The third-order valence-electron chi connectivity index (χ3n) is 4.69. The fourth-order valence-corrected chi connectivity index (χ4v) is 3.52. The van der Waals surface area contributed by atoms with E-state index < -0.39 is 15.6 Å². The third kappa shape index (κ3) is 3.96. The summed E-state index contributed by atoms with van der Waals surface area (Å²) in [5, 5.41) is 10.4. The predicted octanol–water partition coefficient (Wildman–Crippen LogP) is 0.277. The number of piperidine rings is 1. The summed E-state index contributed by atoms with van der Waals surface area (Å²) in [5.41, 5.74) is -1.26. The summed E-state index contributed by atoms with van der Waals surface area (Å²) in [6, 6.07) is 0. The van der Waals surface area contributed by atoms with Crippen molar-refractivity contribution in [1.82, 2.24) is 9.21 Å². The quantitative estimate of drug-likeness (QED) is 0.790. The summed E-state index contributed by atoms with van der Waals surface area (Å²) in [6.07, 6.45) is 4.78. The number of hydrogen-bond donors (Lipinski definition) is 1. The molecular formula is C14H26N2O4S. The highest BCUT2D eigenvalue weighted by Gasteiger charge is 2.48. The van der Waals surface area contributed by atoms with E-state index in [0.717, 1.165) is 25.7 Å². The summed E-state index contributed by atoms with van der Waals surface area (Å²) in [6.45, 7) is 3.22. The number of amides is 1. The van der Waals surface area contributed by atoms with Crippen molar-refractivity contribution < 1.29 is 18.3 Å². The number of nitrogens with zero attached hydrogens (tertiary/aromatic N) is 2. The number of aliphatic hydroxyl groups is 1. The van der Waals surface area contributed by atoms with Crippen LogP contribution in [-0.2, 0) is 14.8 Å². The molecule has 0 bridgehead atoms. The van der Waals surface area contributed by atoms with Crippen molar-refractivity contribution in [2.24, 2.45) is 11.8 Å². The molecule has 0 aromatic rings. The molecule has 1 N–H and O–H groups in total. The molecule has 1 heterocycles. The molecule has 6 nitrogen and oxygen atoms in total. The zero-order valence-corrected chi connectivity index (χ0v) is 13.9. The molecule has 0 radical (unpaired) electrons. The average Bonchev–Trinajstić information content (AvgIpc) is 3.21. The molecule has 7 heteroatoms. The van der Waals surface area contributed by atoms with Gasteiger partial charge in [0.15, 0.2) is 0 Å². The van der Waals surface area contributed by atoms with Crippen molar-refractivity contribution in [2.75, 3.05) is 32.9 Å². The maximum absolute atomic E-state index is 12.5. The lowest BCUT2D eigenvalue weighted by atomic mass is 9.93. The summed E-state index contributed by atoms with van der Waals surface area (Å²) >= 11 is 0. The Labute approximate surface area is 127 Å². The number of hydrogen-bond acceptors (Lipinski definition) is 4. The van der Waals surface area contributed by atoms with Gasteiger partial charge in [-0.1, -0.05) is 0 Å². The second-order valence-corrected chi connectivity index (χ2v) is 8.81. The molecule has 2 fully saturated rings. The van der Waals surface area contributed by atoms with E-state index in [1.54, 1.807) is 18.9 Å². The zero-order valence-electron chi connectivity index (χ0n) is 13.1. The van der Waals surface area contributed by atoms with Gasteiger partial charge in [-0.3, -0.25) is 4.79 Å². The van der Waals surface area contributed by atoms with E-state index >= 15 is 0 Å². The highest BCUT2D eigenvalue weighted by Crippen LogP contribution is 2.40. The van der Waals surface area contributed by atoms with Gasteiger partial charge in [-0.05, 0) is 44.4 Å². The Hall–Kier alpha value is -0.660. The van der Waals surface area contributed by atoms with Crippen LogP contribution in [0.25, 0.3) is 0 Å². The molecule has 2 aliphatic rings. The van der Waals surface area contributed by atoms with Crippen LogP contribution in [0, 0.1) is 11.8 Å². The molecule has 0 aromatic heterocycles. The van der Waals surface area contributed by atoms with Crippen LogP contribution in [-0.4, -0.2) is 67.2 Å². The minimum absolute atomic E-state index is 0.0871. The topological polar surface area (TPSA) is 77.9 Å². The molecule has 122 valence electrons. The molecule has 1 saturated heterocycles. The first kappa shape index (κ1) is 16.7. The molecule has 1 amide bonds. The summed E-state index contributed by atoms with van der Waals surface area (Å²) < 4.78 is 24.3. The van der Waals surface area contributed by atoms with Crippen molar-refractivity contribution in [3.05, 3.63) is 0 Å². The van der Waals surface area contributed by atoms with Gasteiger partial charge in [0, 0.05) is 26.7 Å². The van der Waals surface area contributed by atoms with Crippen molar-refractivity contribution in [1.29, 1.82) is 0 Å². The summed E-state index contributed by atoms with van der Waals surface area (Å²) in [7, 11) is -1.63. The van der Waals surface area contributed by atoms with Gasteiger partial charge in [0.25, 0.3) is 5.91 Å². The lowest BCUT2D eigenvalue weighted by molar-refractivity contribution is -0.153. The van der Waals surface area contributed by atoms with E-state index in [4.69, 9.17) is 0 Å². The van der Waals surface area contributed by atoms with Crippen LogP contribution < -0.4 is 0 Å². The standard InChI is InChI=1S/C14H26N2O4S/c1-14(18,12-6-7-12)13(17)16-8-4-5-11(10-16)9-15(2)21(3,19)20/h11-12,18H,4-10H2,1-3H3. The molecule has 2 rings (SSSR count). The largest absolute Gasteiger partial charge is 0.380 e. The molecule has 0 spiro atoms. The second-order valence-electron chi connectivity index (χ2n) is 6.72. The molecule has 1 aliphatic carbocycles. The van der Waals surface area contributed by atoms with Gasteiger partial charge in [0.1, 0.15) is 5.60 Å². The first-order valence-electron chi connectivity index (χ1n) is 7.55. The van der Waals surface area contributed by atoms with E-state index in [2.05, 4.69) is 0 Å². The van der Waals surface area contributed by atoms with Crippen LogP contribution in [0.2, 0.25) is 0 Å². The number of rotatable bonds is 5. The SMILES string of the molecule is CN(CC1CCCN(C(=O)C(C)(O)C2CC2)C1)S(C)(=O)=O. The van der Waals surface area contributed by atoms with Crippen molar-refractivity contribution in [3.8, 4) is 0 Å². The van der Waals surface area contributed by atoms with Crippen molar-refractivity contribution in [2.45, 2.75) is 38.2 Å². The Kier molecular flexibility index (Phi) is 4.66. The van der Waals surface area contributed by atoms with Gasteiger partial charge in [0.2, 0.25) is 10.0 Å². The Balaban J connectivity index is 1.96. The maximum Gasteiger partial charge on any atom is 0.254 e. The molecule has 0 aromatic carbocycles. The van der Waals surface area contributed by atoms with Gasteiger partial charge in [-0.25, -0.2) is 12.7 Å². The molecule has 1 saturated carbocycles. The first-order chi connectivity index (χ1) is 9.62. The van der Waals surface area contributed by atoms with Gasteiger partial charge in [0.05, 0.1) is 6.26 Å². The summed E-state index contributed by atoms with van der Waals surface area (Å²) in [5.74, 6) is 0.0261. The van der Waals surface area contributed by atoms with Crippen LogP contribution >= 0.6 is 0 Å². The fraction of sp³-hybridized carbons (Fsp3) is 0.929. The van der Waals surface area contributed by atoms with E-state index in [-0.39, 0.29) is 17.7 Å². The zero-order chi connectivity index (χ0) is 15.8. The Morgan fingerprint density at radius 3 is 2.52 bits per heavy atom. The van der Waals surface area contributed by atoms with Crippen molar-refractivity contribution >= 4 is 15.9 Å². The van der Waals surface area contributed by atoms with Crippen LogP contribution in [0.4, 0.5) is 0 Å². The Morgan fingerprint density at radius 1 is 1.38 bits per heavy atom. The van der Waals surface area contributed by atoms with Crippen LogP contribution in [0.5, 0.6) is 0 Å². The lowest BCUT2D eigenvalue weighted by Gasteiger charge is -2.38. The van der Waals surface area contributed by atoms with Crippen molar-refractivity contribution in [3.63, 3.8) is 0 Å². The summed E-state index contributed by atoms with van der Waals surface area (Å²) in [4.78, 5) is 14.2. The number of carbonyl (C=O) groups excluding carboxylic acids is 1. The minimum Gasteiger partial charge on any atom is -0.380 e. The van der Waals surface area contributed by atoms with Crippen LogP contribution in [0.1, 0.15) is 32.6 Å². The van der Waals surface area contributed by atoms with Crippen LogP contribution in [0.15, 0.2) is 0 Å². The second kappa shape index (κ2) is 5.85. The van der Waals surface area contributed by atoms with E-state index in [1.807, 2.05) is 0 Å². The smallest absolute Gasteiger partial charge is 0.254 e. The van der Waals surface area contributed by atoms with Gasteiger partial charge in [-0.2, -0.15) is 0 Å². The predicted molar refractivity (Wildman–Crippen MR) is 80.1 cm³/mol. The first-order valence-corrected chi connectivity index (χ1v) is 9.40. The molecule has 2 atom stereocenters. The van der Waals surface area contributed by atoms with E-state index in [1.165, 1.54) is 10.6 Å². The molecule has 2 unspecified atom stereocenters. The normalized spacial score (nSPS) is 26.7. The minimum atomic E-state index is -3.19. The molecular weight excluding hydrogens is 292 g/mol. The molecule has 21 heavy (non-hydrogen) atoms. The van der Waals surface area contributed by atoms with Gasteiger partial charge in [-0.15, -0.1) is 0 Å². The molecule has 1 aliphatic heterocycles. The van der Waals surface area contributed by atoms with E-state index in [0.29, 0.717) is 19.6 Å². The third-order valence-corrected chi connectivity index (χ3v) is 5.97. The monoisotopic (exact) mass is 318 g/mol. The maximum atomic E-state index is 12.5.